The van der Waals surface area contributed by atoms with Gasteiger partial charge in [-0.2, -0.15) is 0 Å². The van der Waals surface area contributed by atoms with Gasteiger partial charge in [0.2, 0.25) is 0 Å². The number of anilines is 1. The number of amides is 1. The number of carbonyl (C=O) groups excluding carboxylic acids is 1. The molecule has 0 radical (unpaired) electrons. The second kappa shape index (κ2) is 5.57. The van der Waals surface area contributed by atoms with Crippen LogP contribution in [0, 0.1) is 12.8 Å². The minimum absolute atomic E-state index is 0.00810. The van der Waals surface area contributed by atoms with Crippen LogP contribution in [0.15, 0.2) is 12.3 Å². The summed E-state index contributed by atoms with van der Waals surface area (Å²) in [5.74, 6) is 0.473. The predicted molar refractivity (Wildman–Crippen MR) is 73.9 cm³/mol. The third-order valence-corrected chi connectivity index (χ3v) is 3.82. The van der Waals surface area contributed by atoms with Crippen LogP contribution in [0.5, 0.6) is 0 Å². The number of pyridine rings is 1. The molecule has 2 atom stereocenters. The number of methoxy groups -OCH3 is 1. The normalized spacial score (nSPS) is 23.4. The number of aryl methyl sites for hydroxylation is 1. The van der Waals surface area contributed by atoms with Gasteiger partial charge in [-0.25, -0.2) is 0 Å². The zero-order chi connectivity index (χ0) is 14.0. The monoisotopic (exact) mass is 263 g/mol. The summed E-state index contributed by atoms with van der Waals surface area (Å²) in [6.07, 6.45) is 2.63. The van der Waals surface area contributed by atoms with E-state index in [-0.39, 0.29) is 12.0 Å². The largest absolute Gasteiger partial charge is 0.397 e. The summed E-state index contributed by atoms with van der Waals surface area (Å²) in [6, 6.07) is 1.70. The number of likely N-dealkylation sites (tertiary alicyclic amines) is 1. The van der Waals surface area contributed by atoms with Crippen LogP contribution in [-0.4, -0.2) is 42.1 Å². The Labute approximate surface area is 113 Å². The van der Waals surface area contributed by atoms with Crippen molar-refractivity contribution < 1.29 is 9.53 Å². The van der Waals surface area contributed by atoms with Gasteiger partial charge in [0.15, 0.2) is 0 Å². The summed E-state index contributed by atoms with van der Waals surface area (Å²) in [6.45, 7) is 5.37. The number of hydrogen-bond donors (Lipinski definition) is 1. The molecule has 0 bridgehead atoms. The zero-order valence-corrected chi connectivity index (χ0v) is 11.7. The van der Waals surface area contributed by atoms with Gasteiger partial charge in [-0.1, -0.05) is 6.92 Å². The number of rotatable bonds is 2. The van der Waals surface area contributed by atoms with Crippen LogP contribution in [0.2, 0.25) is 0 Å². The van der Waals surface area contributed by atoms with E-state index in [1.165, 1.54) is 0 Å². The minimum atomic E-state index is -0.00810. The maximum atomic E-state index is 12.5. The van der Waals surface area contributed by atoms with Crippen LogP contribution in [0.1, 0.15) is 29.4 Å². The molecule has 1 saturated heterocycles. The van der Waals surface area contributed by atoms with E-state index in [0.717, 1.165) is 13.0 Å². The lowest BCUT2D eigenvalue weighted by molar-refractivity contribution is -0.00160. The van der Waals surface area contributed by atoms with Gasteiger partial charge < -0.3 is 15.4 Å². The summed E-state index contributed by atoms with van der Waals surface area (Å²) < 4.78 is 5.44. The quantitative estimate of drug-likeness (QED) is 0.877. The number of piperidine rings is 1. The molecule has 1 aliphatic heterocycles. The van der Waals surface area contributed by atoms with Crippen LogP contribution in [-0.2, 0) is 4.74 Å². The highest BCUT2D eigenvalue weighted by Gasteiger charge is 2.29. The predicted octanol–water partition coefficient (Wildman–Crippen LogP) is 1.47. The Bertz CT molecular complexity index is 476. The SMILES string of the molecule is COC1CN(C(=O)c2cc(N)cnc2C)CCC1C. The van der Waals surface area contributed by atoms with Gasteiger partial charge in [-0.15, -0.1) is 0 Å². The molecule has 2 rings (SSSR count). The van der Waals surface area contributed by atoms with Crippen LogP contribution in [0.4, 0.5) is 5.69 Å². The van der Waals surface area contributed by atoms with Crippen molar-refractivity contribution in [2.45, 2.75) is 26.4 Å². The molecule has 0 saturated carbocycles. The Morgan fingerprint density at radius 1 is 1.58 bits per heavy atom. The lowest BCUT2D eigenvalue weighted by Gasteiger charge is -2.36. The fraction of sp³-hybridized carbons (Fsp3) is 0.571. The Morgan fingerprint density at radius 3 is 3.00 bits per heavy atom. The smallest absolute Gasteiger partial charge is 0.255 e. The Kier molecular flexibility index (Phi) is 4.04. The Morgan fingerprint density at radius 2 is 2.32 bits per heavy atom. The Hall–Kier alpha value is -1.62. The van der Waals surface area contributed by atoms with Gasteiger partial charge in [-0.3, -0.25) is 9.78 Å². The first kappa shape index (κ1) is 13.8. The molecule has 1 aliphatic rings. The van der Waals surface area contributed by atoms with Crippen LogP contribution < -0.4 is 5.73 Å². The molecule has 1 fully saturated rings. The molecule has 2 unspecified atom stereocenters. The highest BCUT2D eigenvalue weighted by atomic mass is 16.5. The molecular weight excluding hydrogens is 242 g/mol. The van der Waals surface area contributed by atoms with Crippen molar-refractivity contribution in [1.82, 2.24) is 9.88 Å². The average Bonchev–Trinajstić information content (AvgIpc) is 2.41. The third-order valence-electron chi connectivity index (χ3n) is 3.82. The van der Waals surface area contributed by atoms with Crippen molar-refractivity contribution in [3.8, 4) is 0 Å². The second-order valence-electron chi connectivity index (χ2n) is 5.19. The fourth-order valence-corrected chi connectivity index (χ4v) is 2.46. The van der Waals surface area contributed by atoms with Crippen molar-refractivity contribution in [2.75, 3.05) is 25.9 Å². The minimum Gasteiger partial charge on any atom is -0.397 e. The third kappa shape index (κ3) is 2.87. The van der Waals surface area contributed by atoms with Gasteiger partial charge in [0, 0.05) is 20.2 Å². The van der Waals surface area contributed by atoms with Gasteiger partial charge in [0.1, 0.15) is 0 Å². The highest BCUT2D eigenvalue weighted by Crippen LogP contribution is 2.22. The summed E-state index contributed by atoms with van der Waals surface area (Å²) >= 11 is 0. The van der Waals surface area contributed by atoms with Crippen molar-refractivity contribution >= 4 is 11.6 Å². The molecule has 104 valence electrons. The van der Waals surface area contributed by atoms with Gasteiger partial charge in [0.05, 0.1) is 29.2 Å². The standard InChI is InChI=1S/C14H21N3O2/c1-9-4-5-17(8-13(9)19-3)14(18)12-6-11(15)7-16-10(12)2/h6-7,9,13H,4-5,8,15H2,1-3H3. The van der Waals surface area contributed by atoms with E-state index >= 15 is 0 Å². The average molecular weight is 263 g/mol. The van der Waals surface area contributed by atoms with E-state index in [9.17, 15) is 4.79 Å². The molecule has 0 aliphatic carbocycles. The molecule has 2 heterocycles. The lowest BCUT2D eigenvalue weighted by atomic mass is 9.95. The van der Waals surface area contributed by atoms with Crippen molar-refractivity contribution in [1.29, 1.82) is 0 Å². The fourth-order valence-electron chi connectivity index (χ4n) is 2.46. The lowest BCUT2D eigenvalue weighted by Crippen LogP contribution is -2.46. The number of carbonyl (C=O) groups is 1. The maximum absolute atomic E-state index is 12.5. The molecule has 5 heteroatoms. The number of aromatic nitrogens is 1. The van der Waals surface area contributed by atoms with E-state index in [2.05, 4.69) is 11.9 Å². The van der Waals surface area contributed by atoms with Gasteiger partial charge in [0.25, 0.3) is 5.91 Å². The summed E-state index contributed by atoms with van der Waals surface area (Å²) in [4.78, 5) is 18.5. The summed E-state index contributed by atoms with van der Waals surface area (Å²) in [5.41, 5.74) is 7.53. The van der Waals surface area contributed by atoms with Gasteiger partial charge >= 0.3 is 0 Å². The van der Waals surface area contributed by atoms with Gasteiger partial charge in [-0.05, 0) is 25.3 Å². The molecule has 5 nitrogen and oxygen atoms in total. The van der Waals surface area contributed by atoms with Crippen molar-refractivity contribution in [2.24, 2.45) is 5.92 Å². The number of nitrogen functional groups attached to an aromatic ring is 1. The topological polar surface area (TPSA) is 68.5 Å². The molecule has 19 heavy (non-hydrogen) atoms. The van der Waals surface area contributed by atoms with E-state index in [0.29, 0.717) is 29.4 Å². The molecule has 1 amide bonds. The number of hydrogen-bond acceptors (Lipinski definition) is 4. The molecule has 0 aromatic carbocycles. The van der Waals surface area contributed by atoms with Crippen molar-refractivity contribution in [3.05, 3.63) is 23.5 Å². The number of ether oxygens (including phenoxy) is 1. The number of nitrogens with zero attached hydrogens (tertiary/aromatic N) is 2. The second-order valence-corrected chi connectivity index (χ2v) is 5.19. The van der Waals surface area contributed by atoms with E-state index < -0.39 is 0 Å². The first-order valence-electron chi connectivity index (χ1n) is 6.57. The van der Waals surface area contributed by atoms with E-state index in [1.807, 2.05) is 11.8 Å². The highest BCUT2D eigenvalue weighted by molar-refractivity contribution is 5.96. The van der Waals surface area contributed by atoms with Crippen LogP contribution >= 0.6 is 0 Å². The first-order valence-corrected chi connectivity index (χ1v) is 6.57. The maximum Gasteiger partial charge on any atom is 0.255 e. The molecule has 0 spiro atoms. The van der Waals surface area contributed by atoms with Crippen molar-refractivity contribution in [3.63, 3.8) is 0 Å². The van der Waals surface area contributed by atoms with Crippen LogP contribution in [0.3, 0.4) is 0 Å². The van der Waals surface area contributed by atoms with E-state index in [4.69, 9.17) is 10.5 Å². The molecular formula is C14H21N3O2. The Balaban J connectivity index is 2.18. The summed E-state index contributed by atoms with van der Waals surface area (Å²) in [7, 11) is 1.70. The molecule has 2 N–H and O–H groups in total. The number of nitrogens with two attached hydrogens (primary N) is 1. The zero-order valence-electron chi connectivity index (χ0n) is 11.7. The van der Waals surface area contributed by atoms with Crippen LogP contribution in [0.25, 0.3) is 0 Å². The summed E-state index contributed by atoms with van der Waals surface area (Å²) in [5, 5.41) is 0. The molecule has 1 aromatic heterocycles. The molecule has 1 aromatic rings. The first-order chi connectivity index (χ1) is 9.02. The van der Waals surface area contributed by atoms with E-state index in [1.54, 1.807) is 19.4 Å².